The molecule has 1 aliphatic heterocycles. The molecule has 0 bridgehead atoms. The summed E-state index contributed by atoms with van der Waals surface area (Å²) in [5.41, 5.74) is 1.20. The second-order valence-electron chi connectivity index (χ2n) is 6.43. The first-order chi connectivity index (χ1) is 11.3. The van der Waals surface area contributed by atoms with Crippen LogP contribution < -0.4 is 5.32 Å². The van der Waals surface area contributed by atoms with E-state index in [9.17, 15) is 13.2 Å². The average molecular weight is 353 g/mol. The van der Waals surface area contributed by atoms with Gasteiger partial charge in [0, 0.05) is 32.7 Å². The second-order valence-corrected chi connectivity index (χ2v) is 8.41. The highest BCUT2D eigenvalue weighted by molar-refractivity contribution is 7.88. The molecule has 134 valence electrons. The van der Waals surface area contributed by atoms with Crippen LogP contribution in [-0.4, -0.2) is 68.6 Å². The molecule has 0 radical (unpaired) electrons. The molecule has 24 heavy (non-hydrogen) atoms. The van der Waals surface area contributed by atoms with Crippen molar-refractivity contribution in [3.8, 4) is 0 Å². The molecule has 1 aromatic rings. The fraction of sp³-hybridized carbons (Fsp3) is 0.588. The molecular weight excluding hydrogens is 326 g/mol. The Balaban J connectivity index is 1.81. The summed E-state index contributed by atoms with van der Waals surface area (Å²) in [4.78, 5) is 14.4. The van der Waals surface area contributed by atoms with E-state index in [1.165, 1.54) is 16.1 Å². The van der Waals surface area contributed by atoms with E-state index in [1.54, 1.807) is 0 Å². The van der Waals surface area contributed by atoms with Crippen LogP contribution in [-0.2, 0) is 14.8 Å². The van der Waals surface area contributed by atoms with Crippen LogP contribution in [0.25, 0.3) is 0 Å². The molecule has 0 saturated carbocycles. The lowest BCUT2D eigenvalue weighted by atomic mass is 10.0. The van der Waals surface area contributed by atoms with Crippen molar-refractivity contribution in [2.24, 2.45) is 0 Å². The summed E-state index contributed by atoms with van der Waals surface area (Å²) >= 11 is 0. The van der Waals surface area contributed by atoms with E-state index in [2.05, 4.69) is 24.4 Å². The van der Waals surface area contributed by atoms with Gasteiger partial charge < -0.3 is 5.32 Å². The molecule has 1 aromatic carbocycles. The summed E-state index contributed by atoms with van der Waals surface area (Å²) in [5, 5.41) is 3.01. The van der Waals surface area contributed by atoms with Crippen molar-refractivity contribution in [3.63, 3.8) is 0 Å². The molecule has 2 atom stereocenters. The number of sulfonamides is 1. The molecule has 1 fully saturated rings. The number of carbonyl (C=O) groups excluding carboxylic acids is 1. The predicted octanol–water partition coefficient (Wildman–Crippen LogP) is 0.872. The molecule has 1 aliphatic rings. The molecule has 7 heteroatoms. The van der Waals surface area contributed by atoms with Gasteiger partial charge in [-0.1, -0.05) is 37.3 Å². The first-order valence-corrected chi connectivity index (χ1v) is 10.2. The van der Waals surface area contributed by atoms with Gasteiger partial charge in [0.1, 0.15) is 0 Å². The summed E-state index contributed by atoms with van der Waals surface area (Å²) in [6, 6.07) is 9.84. The normalized spacial score (nSPS) is 19.6. The number of hydrogen-bond acceptors (Lipinski definition) is 4. The van der Waals surface area contributed by atoms with Gasteiger partial charge >= 0.3 is 0 Å². The Hall–Kier alpha value is -1.44. The summed E-state index contributed by atoms with van der Waals surface area (Å²) in [6.45, 7) is 6.60. The van der Waals surface area contributed by atoms with Gasteiger partial charge in [0.2, 0.25) is 15.9 Å². The van der Waals surface area contributed by atoms with Gasteiger partial charge in [-0.2, -0.15) is 4.31 Å². The molecule has 6 nitrogen and oxygen atoms in total. The van der Waals surface area contributed by atoms with Crippen molar-refractivity contribution < 1.29 is 13.2 Å². The third-order valence-electron chi connectivity index (χ3n) is 4.62. The van der Waals surface area contributed by atoms with Crippen molar-refractivity contribution in [3.05, 3.63) is 35.9 Å². The Labute approximate surface area is 144 Å². The lowest BCUT2D eigenvalue weighted by molar-refractivity contribution is -0.126. The molecule has 0 aromatic heterocycles. The summed E-state index contributed by atoms with van der Waals surface area (Å²) in [5.74, 6) is 0.245. The number of piperazine rings is 1. The number of benzene rings is 1. The fourth-order valence-electron chi connectivity index (χ4n) is 2.89. The lowest BCUT2D eigenvalue weighted by Gasteiger charge is -2.36. The molecule has 1 saturated heterocycles. The van der Waals surface area contributed by atoms with E-state index in [0.717, 1.165) is 0 Å². The molecule has 0 aliphatic carbocycles. The third-order valence-corrected chi connectivity index (χ3v) is 5.92. The van der Waals surface area contributed by atoms with Crippen LogP contribution in [0.1, 0.15) is 25.3 Å². The highest BCUT2D eigenvalue weighted by Gasteiger charge is 2.28. The van der Waals surface area contributed by atoms with E-state index in [0.29, 0.717) is 32.7 Å². The van der Waals surface area contributed by atoms with E-state index in [-0.39, 0.29) is 17.9 Å². The highest BCUT2D eigenvalue weighted by atomic mass is 32.2. The van der Waals surface area contributed by atoms with Gasteiger partial charge in [-0.25, -0.2) is 8.42 Å². The second kappa shape index (κ2) is 8.09. The van der Waals surface area contributed by atoms with Gasteiger partial charge in [0.15, 0.2) is 0 Å². The number of amides is 1. The maximum atomic E-state index is 12.4. The van der Waals surface area contributed by atoms with Crippen LogP contribution in [0, 0.1) is 0 Å². The molecular formula is C17H27N3O3S. The summed E-state index contributed by atoms with van der Waals surface area (Å²) in [7, 11) is -3.14. The molecule has 1 amide bonds. The predicted molar refractivity (Wildman–Crippen MR) is 95.3 cm³/mol. The van der Waals surface area contributed by atoms with Crippen molar-refractivity contribution >= 4 is 15.9 Å². The minimum absolute atomic E-state index is 0.00872. The Morgan fingerprint density at radius 1 is 1.12 bits per heavy atom. The van der Waals surface area contributed by atoms with Crippen LogP contribution in [0.3, 0.4) is 0 Å². The quantitative estimate of drug-likeness (QED) is 0.824. The van der Waals surface area contributed by atoms with Crippen molar-refractivity contribution in [1.82, 2.24) is 14.5 Å². The number of rotatable bonds is 6. The lowest BCUT2D eigenvalue weighted by Crippen LogP contribution is -2.54. The van der Waals surface area contributed by atoms with Crippen molar-refractivity contribution in [1.29, 1.82) is 0 Å². The summed E-state index contributed by atoms with van der Waals surface area (Å²) in [6.07, 6.45) is 1.23. The third kappa shape index (κ3) is 5.03. The highest BCUT2D eigenvalue weighted by Crippen LogP contribution is 2.14. The van der Waals surface area contributed by atoms with Crippen LogP contribution in [0.2, 0.25) is 0 Å². The molecule has 1 N–H and O–H groups in total. The Bertz CT molecular complexity index is 640. The number of nitrogens with one attached hydrogen (secondary N) is 1. The molecule has 2 rings (SSSR count). The van der Waals surface area contributed by atoms with E-state index >= 15 is 0 Å². The topological polar surface area (TPSA) is 69.7 Å². The zero-order chi connectivity index (χ0) is 17.7. The standard InChI is InChI=1S/C17H27N3O3S/c1-14(16-7-5-4-6-8-16)13-18-17(21)15(2)19-9-11-20(12-10-19)24(3,22)23/h4-8,14-15H,9-13H2,1-3H3,(H,18,21). The van der Waals surface area contributed by atoms with E-state index in [1.807, 2.05) is 30.0 Å². The maximum Gasteiger partial charge on any atom is 0.237 e. The van der Waals surface area contributed by atoms with Crippen LogP contribution in [0.4, 0.5) is 0 Å². The van der Waals surface area contributed by atoms with Crippen LogP contribution >= 0.6 is 0 Å². The number of hydrogen-bond donors (Lipinski definition) is 1. The smallest absolute Gasteiger partial charge is 0.237 e. The average Bonchev–Trinajstić information content (AvgIpc) is 2.58. The van der Waals surface area contributed by atoms with E-state index in [4.69, 9.17) is 0 Å². The monoisotopic (exact) mass is 353 g/mol. The number of carbonyl (C=O) groups is 1. The molecule has 2 unspecified atom stereocenters. The fourth-order valence-corrected chi connectivity index (χ4v) is 3.72. The summed E-state index contributed by atoms with van der Waals surface area (Å²) < 4.78 is 24.5. The van der Waals surface area contributed by atoms with Crippen molar-refractivity contribution in [2.45, 2.75) is 25.8 Å². The molecule has 0 spiro atoms. The first kappa shape index (κ1) is 18.9. The zero-order valence-corrected chi connectivity index (χ0v) is 15.4. The van der Waals surface area contributed by atoms with Crippen molar-refractivity contribution in [2.75, 3.05) is 39.0 Å². The minimum Gasteiger partial charge on any atom is -0.354 e. The minimum atomic E-state index is -3.14. The van der Waals surface area contributed by atoms with Crippen LogP contribution in [0.5, 0.6) is 0 Å². The van der Waals surface area contributed by atoms with Gasteiger partial charge in [0.25, 0.3) is 0 Å². The Morgan fingerprint density at radius 3 is 2.25 bits per heavy atom. The van der Waals surface area contributed by atoms with Gasteiger partial charge in [-0.3, -0.25) is 9.69 Å². The van der Waals surface area contributed by atoms with Crippen LogP contribution in [0.15, 0.2) is 30.3 Å². The Morgan fingerprint density at radius 2 is 1.71 bits per heavy atom. The maximum absolute atomic E-state index is 12.4. The first-order valence-electron chi connectivity index (χ1n) is 8.31. The van der Waals surface area contributed by atoms with Gasteiger partial charge in [-0.15, -0.1) is 0 Å². The SMILES string of the molecule is CC(CNC(=O)C(C)N1CCN(S(C)(=O)=O)CC1)c1ccccc1. The zero-order valence-electron chi connectivity index (χ0n) is 14.6. The Kier molecular flexibility index (Phi) is 6.37. The van der Waals surface area contributed by atoms with E-state index < -0.39 is 10.0 Å². The van der Waals surface area contributed by atoms with Gasteiger partial charge in [0.05, 0.1) is 12.3 Å². The molecule has 1 heterocycles. The van der Waals surface area contributed by atoms with Gasteiger partial charge in [-0.05, 0) is 18.4 Å². The largest absolute Gasteiger partial charge is 0.354 e. The number of nitrogens with zero attached hydrogens (tertiary/aromatic N) is 2.